The summed E-state index contributed by atoms with van der Waals surface area (Å²) in [6.45, 7) is 13.0. The number of Topliss-reactive ketones (excluding diaryl/α,β-unsaturated/α-hetero) is 1. The summed E-state index contributed by atoms with van der Waals surface area (Å²) in [4.78, 5) is 79.8. The van der Waals surface area contributed by atoms with Crippen LogP contribution in [0.15, 0.2) is 36.4 Å². The Labute approximate surface area is 368 Å². The molecule has 3 heterocycles. The van der Waals surface area contributed by atoms with Gasteiger partial charge >= 0.3 is 18.0 Å². The molecule has 1 aliphatic heterocycles. The van der Waals surface area contributed by atoms with E-state index < -0.39 is 52.5 Å². The van der Waals surface area contributed by atoms with Crippen molar-refractivity contribution in [2.24, 2.45) is 34.5 Å². The number of carbonyl (C=O) groups is 5. The predicted molar refractivity (Wildman–Crippen MR) is 232 cm³/mol. The molecule has 4 aliphatic rings. The van der Waals surface area contributed by atoms with Crippen molar-refractivity contribution in [3.8, 4) is 22.9 Å². The van der Waals surface area contributed by atoms with Crippen molar-refractivity contribution in [2.45, 2.75) is 124 Å². The van der Waals surface area contributed by atoms with Crippen LogP contribution in [0, 0.1) is 34.5 Å². The van der Waals surface area contributed by atoms with Gasteiger partial charge < -0.3 is 28.6 Å². The number of benzene rings is 1. The number of esters is 2. The van der Waals surface area contributed by atoms with Gasteiger partial charge in [0.1, 0.15) is 40.1 Å². The summed E-state index contributed by atoms with van der Waals surface area (Å²) in [5.41, 5.74) is -1.23. The van der Waals surface area contributed by atoms with Crippen LogP contribution in [0.2, 0.25) is 5.02 Å². The average molecular weight is 875 g/mol. The van der Waals surface area contributed by atoms with E-state index in [-0.39, 0.29) is 60.4 Å². The number of fused-ring (bicyclic) bond motifs is 2. The van der Waals surface area contributed by atoms with Gasteiger partial charge in [-0.15, -0.1) is 0 Å². The number of pyridine rings is 2. The topological polar surface area (TPSA) is 173 Å². The Hall–Kier alpha value is -4.98. The molecule has 1 N–H and O–H groups in total. The van der Waals surface area contributed by atoms with Crippen LogP contribution in [-0.4, -0.2) is 89.2 Å². The van der Waals surface area contributed by atoms with E-state index in [0.717, 1.165) is 12.8 Å². The molecule has 3 saturated carbocycles. The second-order valence-electron chi connectivity index (χ2n) is 19.6. The zero-order valence-electron chi connectivity index (χ0n) is 37.2. The van der Waals surface area contributed by atoms with Crippen LogP contribution in [0.25, 0.3) is 22.3 Å². The molecular formula is C47H59ClN4O10. The van der Waals surface area contributed by atoms with E-state index in [9.17, 15) is 24.0 Å². The van der Waals surface area contributed by atoms with E-state index in [1.807, 2.05) is 27.7 Å². The number of likely N-dealkylation sites (tertiary alicyclic amines) is 1. The van der Waals surface area contributed by atoms with Crippen LogP contribution in [0.1, 0.15) is 99.8 Å². The van der Waals surface area contributed by atoms with Crippen LogP contribution in [0.4, 0.5) is 10.6 Å². The molecule has 1 unspecified atom stereocenters. The largest absolute Gasteiger partial charge is 0.495 e. The summed E-state index contributed by atoms with van der Waals surface area (Å²) in [6, 6.07) is 9.30. The van der Waals surface area contributed by atoms with E-state index in [2.05, 4.69) is 10.3 Å². The van der Waals surface area contributed by atoms with Gasteiger partial charge in [0.15, 0.2) is 5.78 Å². The zero-order chi connectivity index (χ0) is 44.9. The van der Waals surface area contributed by atoms with E-state index in [1.54, 1.807) is 62.1 Å². The predicted octanol–water partition coefficient (Wildman–Crippen LogP) is 8.60. The van der Waals surface area contributed by atoms with Crippen LogP contribution in [-0.2, 0) is 33.4 Å². The van der Waals surface area contributed by atoms with Crippen LogP contribution >= 0.6 is 11.6 Å². The highest BCUT2D eigenvalue weighted by atomic mass is 35.5. The number of anilines is 1. The van der Waals surface area contributed by atoms with Crippen molar-refractivity contribution in [3.63, 3.8) is 0 Å². The van der Waals surface area contributed by atoms with E-state index in [0.29, 0.717) is 58.5 Å². The van der Waals surface area contributed by atoms with Gasteiger partial charge in [-0.2, -0.15) is 0 Å². The van der Waals surface area contributed by atoms with Crippen LogP contribution in [0.3, 0.4) is 0 Å². The van der Waals surface area contributed by atoms with E-state index >= 15 is 0 Å². The SMILES string of the molecule is CC[C@@H]1C[C@]1(CC(=O)[C@@H]1C[C@@H](Oc2cc(-c3cccc(NC(=O)OC(C)(C)C)n3)nc3c(Cl)c(OC)ccc23)CN1C(=O)[C@@H](CC(=O)OC1C[C@@H]2C[C@@H]2C1)C(C)(C)C)C(=O)OC. The Bertz CT molecular complexity index is 2240. The Morgan fingerprint density at radius 1 is 0.919 bits per heavy atom. The summed E-state index contributed by atoms with van der Waals surface area (Å²) in [6.07, 6.45) is 2.56. The standard InChI is InChI=1S/C47H59ClN4O10/c1-10-27-22-47(27,43(56)59-9)23-35(53)34-19-29(24-52(34)42(55)31(45(2,3)4)20-39(54)61-28-17-25-16-26(25)18-28)60-37-21-33(50-41-30(37)14-15-36(58-8)40(41)48)32-12-11-13-38(49-32)51-44(57)62-46(5,6)7/h11-15,21,25-29,31,34H,10,16-20,22-24H2,1-9H3,(H,49,51,57)/t25-,26+,27-,28?,29-,31-,34+,47-/m1/s1. The number of ether oxygens (including phenoxy) is 5. The fraction of sp³-hybridized carbons (Fsp3) is 0.596. The Morgan fingerprint density at radius 2 is 1.65 bits per heavy atom. The summed E-state index contributed by atoms with van der Waals surface area (Å²) >= 11 is 6.88. The number of halogens is 1. The number of ketones is 1. The molecule has 1 aromatic carbocycles. The van der Waals surface area contributed by atoms with Crippen LogP contribution < -0.4 is 14.8 Å². The van der Waals surface area contributed by atoms with Crippen molar-refractivity contribution in [1.82, 2.24) is 14.9 Å². The number of hydrogen-bond acceptors (Lipinski definition) is 12. The summed E-state index contributed by atoms with van der Waals surface area (Å²) in [5.74, 6) is -0.0521. The Morgan fingerprint density at radius 3 is 2.27 bits per heavy atom. The molecule has 0 radical (unpaired) electrons. The molecule has 2 amide bonds. The maximum Gasteiger partial charge on any atom is 0.413 e. The van der Waals surface area contributed by atoms with Gasteiger partial charge in [-0.1, -0.05) is 51.8 Å². The maximum absolute atomic E-state index is 14.9. The van der Waals surface area contributed by atoms with Crippen molar-refractivity contribution >= 4 is 58.0 Å². The lowest BCUT2D eigenvalue weighted by Crippen LogP contribution is -2.48. The van der Waals surface area contributed by atoms with Gasteiger partial charge in [-0.05, 0) is 93.9 Å². The highest BCUT2D eigenvalue weighted by Crippen LogP contribution is 2.58. The molecular weight excluding hydrogens is 816 g/mol. The lowest BCUT2D eigenvalue weighted by Gasteiger charge is -2.35. The number of amides is 2. The molecule has 3 aromatic rings. The normalized spacial score (nSPS) is 25.7. The number of nitrogens with one attached hydrogen (secondary N) is 1. The molecule has 14 nitrogen and oxygen atoms in total. The third-order valence-corrected chi connectivity index (χ3v) is 13.3. The minimum Gasteiger partial charge on any atom is -0.495 e. The Kier molecular flexibility index (Phi) is 12.6. The summed E-state index contributed by atoms with van der Waals surface area (Å²) in [7, 11) is 2.83. The third-order valence-electron chi connectivity index (χ3n) is 12.9. The maximum atomic E-state index is 14.9. The van der Waals surface area contributed by atoms with Crippen molar-refractivity contribution in [2.75, 3.05) is 26.1 Å². The van der Waals surface area contributed by atoms with Gasteiger partial charge in [-0.25, -0.2) is 14.8 Å². The first kappa shape index (κ1) is 45.1. The lowest BCUT2D eigenvalue weighted by atomic mass is 9.77. The third kappa shape index (κ3) is 9.65. The monoisotopic (exact) mass is 874 g/mol. The van der Waals surface area contributed by atoms with Crippen molar-refractivity contribution in [3.05, 3.63) is 41.4 Å². The number of nitrogens with zero attached hydrogens (tertiary/aromatic N) is 3. The van der Waals surface area contributed by atoms with Crippen molar-refractivity contribution < 1.29 is 47.7 Å². The molecule has 334 valence electrons. The van der Waals surface area contributed by atoms with Crippen molar-refractivity contribution in [1.29, 1.82) is 0 Å². The van der Waals surface area contributed by atoms with E-state index in [4.69, 9.17) is 40.3 Å². The Balaban J connectivity index is 1.21. The van der Waals surface area contributed by atoms with Gasteiger partial charge in [0, 0.05) is 24.3 Å². The molecule has 7 rings (SSSR count). The second kappa shape index (κ2) is 17.3. The highest BCUT2D eigenvalue weighted by Gasteiger charge is 2.62. The smallest absolute Gasteiger partial charge is 0.413 e. The second-order valence-corrected chi connectivity index (χ2v) is 19.9. The first-order chi connectivity index (χ1) is 29.2. The van der Waals surface area contributed by atoms with Crippen LogP contribution in [0.5, 0.6) is 11.5 Å². The number of rotatable bonds is 14. The molecule has 8 atom stereocenters. The average Bonchev–Trinajstić information content (AvgIpc) is 4.01. The number of hydrogen-bond donors (Lipinski definition) is 1. The number of methoxy groups -OCH3 is 2. The molecule has 62 heavy (non-hydrogen) atoms. The summed E-state index contributed by atoms with van der Waals surface area (Å²) < 4.78 is 28.9. The zero-order valence-corrected chi connectivity index (χ0v) is 37.9. The first-order valence-corrected chi connectivity index (χ1v) is 22.0. The summed E-state index contributed by atoms with van der Waals surface area (Å²) in [5, 5.41) is 3.44. The number of aromatic nitrogens is 2. The molecule has 0 bridgehead atoms. The fourth-order valence-electron chi connectivity index (χ4n) is 9.47. The molecule has 3 aliphatic carbocycles. The van der Waals surface area contributed by atoms with E-state index in [1.165, 1.54) is 20.6 Å². The minimum absolute atomic E-state index is 0.00925. The van der Waals surface area contributed by atoms with Gasteiger partial charge in [0.05, 0.1) is 61.5 Å². The fourth-order valence-corrected chi connectivity index (χ4v) is 9.75. The lowest BCUT2D eigenvalue weighted by molar-refractivity contribution is -0.157. The molecule has 1 saturated heterocycles. The highest BCUT2D eigenvalue weighted by molar-refractivity contribution is 6.36. The minimum atomic E-state index is -0.949. The van der Waals surface area contributed by atoms with Gasteiger partial charge in [0.25, 0.3) is 0 Å². The van der Waals surface area contributed by atoms with Gasteiger partial charge in [-0.3, -0.25) is 24.5 Å². The first-order valence-electron chi connectivity index (χ1n) is 21.7. The molecule has 0 spiro atoms. The quantitative estimate of drug-likeness (QED) is 0.121. The van der Waals surface area contributed by atoms with Gasteiger partial charge in [0.2, 0.25) is 5.91 Å². The number of carbonyl (C=O) groups excluding carboxylic acids is 5. The molecule has 2 aromatic heterocycles. The molecule has 15 heteroatoms. The molecule has 4 fully saturated rings.